The fraction of sp³-hybridized carbons (Fsp3) is 0.250. The highest BCUT2D eigenvalue weighted by atomic mass is 35.5. The lowest BCUT2D eigenvalue weighted by molar-refractivity contribution is 0.116. The van der Waals surface area contributed by atoms with Crippen LogP contribution in [0.3, 0.4) is 0 Å². The van der Waals surface area contributed by atoms with Crippen molar-refractivity contribution in [3.63, 3.8) is 0 Å². The normalized spacial score (nSPS) is 11.6. The van der Waals surface area contributed by atoms with Gasteiger partial charge in [0, 0.05) is 15.5 Å². The van der Waals surface area contributed by atoms with Crippen LogP contribution >= 0.6 is 23.2 Å². The van der Waals surface area contributed by atoms with Crippen molar-refractivity contribution in [2.75, 3.05) is 13.2 Å². The molecule has 20 heavy (non-hydrogen) atoms. The molecule has 0 spiro atoms. The van der Waals surface area contributed by atoms with Gasteiger partial charge in [0.15, 0.2) is 0 Å². The summed E-state index contributed by atoms with van der Waals surface area (Å²) in [5.41, 5.74) is 1.07. The largest absolute Gasteiger partial charge is 0.395 e. The zero-order valence-corrected chi connectivity index (χ0v) is 12.4. The minimum atomic E-state index is -0.751. The molecule has 0 fully saturated rings. The Balaban J connectivity index is 2.36. The van der Waals surface area contributed by atoms with Gasteiger partial charge in [-0.25, -0.2) is 0 Å². The van der Waals surface area contributed by atoms with E-state index in [4.69, 9.17) is 23.2 Å². The fourth-order valence-corrected chi connectivity index (χ4v) is 2.57. The number of hydrogen-bond donors (Lipinski definition) is 2. The van der Waals surface area contributed by atoms with Crippen molar-refractivity contribution in [3.8, 4) is 0 Å². The predicted molar refractivity (Wildman–Crippen MR) is 82.5 cm³/mol. The molecule has 2 N–H and O–H groups in total. The number of rotatable bonds is 5. The molecule has 0 radical (unpaired) electrons. The highest BCUT2D eigenvalue weighted by molar-refractivity contribution is 6.30. The van der Waals surface area contributed by atoms with E-state index in [0.29, 0.717) is 16.5 Å². The molecule has 2 aromatic carbocycles. The molecule has 0 bridgehead atoms. The second kappa shape index (κ2) is 6.59. The topological polar surface area (TPSA) is 40.5 Å². The Labute approximate surface area is 128 Å². The van der Waals surface area contributed by atoms with E-state index in [0.717, 1.165) is 11.1 Å². The standard InChI is InChI=1S/C16H16Cl2O2/c17-14-6-4-12(5-7-14)9-16(10-19,11-20)13-2-1-3-15(18)8-13/h1-8,19-20H,9-11H2. The van der Waals surface area contributed by atoms with Crippen molar-refractivity contribution in [1.29, 1.82) is 0 Å². The SMILES string of the molecule is OCC(CO)(Cc1ccc(Cl)cc1)c1cccc(Cl)c1. The summed E-state index contributed by atoms with van der Waals surface area (Å²) in [6.07, 6.45) is 0.511. The van der Waals surface area contributed by atoms with Gasteiger partial charge in [0.2, 0.25) is 0 Å². The summed E-state index contributed by atoms with van der Waals surface area (Å²) < 4.78 is 0. The fourth-order valence-electron chi connectivity index (χ4n) is 2.26. The summed E-state index contributed by atoms with van der Waals surface area (Å²) in [5.74, 6) is 0. The summed E-state index contributed by atoms with van der Waals surface area (Å²) >= 11 is 11.9. The summed E-state index contributed by atoms with van der Waals surface area (Å²) in [7, 11) is 0. The maximum atomic E-state index is 9.81. The average Bonchev–Trinajstić information content (AvgIpc) is 2.47. The molecule has 0 aliphatic carbocycles. The highest BCUT2D eigenvalue weighted by Crippen LogP contribution is 2.30. The molecule has 0 saturated heterocycles. The first-order valence-corrected chi connectivity index (χ1v) is 7.07. The second-order valence-electron chi connectivity index (χ2n) is 4.91. The Bertz CT molecular complexity index is 563. The van der Waals surface area contributed by atoms with E-state index >= 15 is 0 Å². The molecule has 106 valence electrons. The van der Waals surface area contributed by atoms with Crippen LogP contribution in [0.15, 0.2) is 48.5 Å². The minimum absolute atomic E-state index is 0.160. The van der Waals surface area contributed by atoms with Crippen molar-refractivity contribution >= 4 is 23.2 Å². The van der Waals surface area contributed by atoms with Crippen LogP contribution in [0.2, 0.25) is 10.0 Å². The van der Waals surface area contributed by atoms with Gasteiger partial charge in [-0.15, -0.1) is 0 Å². The van der Waals surface area contributed by atoms with E-state index in [2.05, 4.69) is 0 Å². The van der Waals surface area contributed by atoms with E-state index in [-0.39, 0.29) is 13.2 Å². The van der Waals surface area contributed by atoms with Gasteiger partial charge in [0.1, 0.15) is 0 Å². The van der Waals surface area contributed by atoms with Crippen LogP contribution in [0.4, 0.5) is 0 Å². The van der Waals surface area contributed by atoms with E-state index in [9.17, 15) is 10.2 Å². The van der Waals surface area contributed by atoms with Crippen LogP contribution < -0.4 is 0 Å². The molecular weight excluding hydrogens is 295 g/mol. The number of aliphatic hydroxyl groups excluding tert-OH is 2. The number of aliphatic hydroxyl groups is 2. The lowest BCUT2D eigenvalue weighted by Crippen LogP contribution is -2.37. The summed E-state index contributed by atoms with van der Waals surface area (Å²) in [6, 6.07) is 14.6. The van der Waals surface area contributed by atoms with Gasteiger partial charge < -0.3 is 10.2 Å². The Morgan fingerprint density at radius 2 is 1.50 bits per heavy atom. The molecule has 0 heterocycles. The highest BCUT2D eigenvalue weighted by Gasteiger charge is 2.31. The Kier molecular flexibility index (Phi) is 5.06. The van der Waals surface area contributed by atoms with E-state index in [1.54, 1.807) is 24.3 Å². The van der Waals surface area contributed by atoms with E-state index in [1.807, 2.05) is 24.3 Å². The third-order valence-corrected chi connectivity index (χ3v) is 3.99. The lowest BCUT2D eigenvalue weighted by Gasteiger charge is -2.30. The Morgan fingerprint density at radius 1 is 0.850 bits per heavy atom. The van der Waals surface area contributed by atoms with Crippen LogP contribution in [0.5, 0.6) is 0 Å². The van der Waals surface area contributed by atoms with E-state index < -0.39 is 5.41 Å². The van der Waals surface area contributed by atoms with E-state index in [1.165, 1.54) is 0 Å². The number of hydrogen-bond acceptors (Lipinski definition) is 2. The quantitative estimate of drug-likeness (QED) is 0.888. The van der Waals surface area contributed by atoms with Gasteiger partial charge in [0.05, 0.1) is 13.2 Å². The number of halogens is 2. The van der Waals surface area contributed by atoms with Gasteiger partial charge >= 0.3 is 0 Å². The van der Waals surface area contributed by atoms with Gasteiger partial charge in [-0.2, -0.15) is 0 Å². The first kappa shape index (κ1) is 15.3. The Hall–Kier alpha value is -1.06. The van der Waals surface area contributed by atoms with Crippen LogP contribution in [-0.2, 0) is 11.8 Å². The van der Waals surface area contributed by atoms with Gasteiger partial charge in [-0.3, -0.25) is 0 Å². The summed E-state index contributed by atoms with van der Waals surface area (Å²) in [6.45, 7) is -0.320. The number of benzene rings is 2. The molecule has 0 amide bonds. The molecule has 0 aliphatic heterocycles. The monoisotopic (exact) mass is 310 g/mol. The molecule has 0 aliphatic rings. The third-order valence-electron chi connectivity index (χ3n) is 3.50. The minimum Gasteiger partial charge on any atom is -0.395 e. The maximum absolute atomic E-state index is 9.81. The molecule has 0 atom stereocenters. The molecule has 2 nitrogen and oxygen atoms in total. The molecule has 0 aromatic heterocycles. The predicted octanol–water partition coefficient (Wildman–Crippen LogP) is 3.46. The van der Waals surface area contributed by atoms with Crippen molar-refractivity contribution in [2.24, 2.45) is 0 Å². The molecule has 2 aromatic rings. The Morgan fingerprint density at radius 3 is 2.05 bits per heavy atom. The molecule has 0 saturated carbocycles. The summed E-state index contributed by atoms with van der Waals surface area (Å²) in [5, 5.41) is 20.9. The van der Waals surface area contributed by atoms with Crippen LogP contribution in [-0.4, -0.2) is 23.4 Å². The van der Waals surface area contributed by atoms with Gasteiger partial charge in [0.25, 0.3) is 0 Å². The van der Waals surface area contributed by atoms with Gasteiger partial charge in [-0.05, 0) is 41.8 Å². The van der Waals surface area contributed by atoms with Crippen molar-refractivity contribution in [2.45, 2.75) is 11.8 Å². The van der Waals surface area contributed by atoms with Crippen molar-refractivity contribution in [1.82, 2.24) is 0 Å². The summed E-state index contributed by atoms with van der Waals surface area (Å²) in [4.78, 5) is 0. The van der Waals surface area contributed by atoms with Crippen molar-refractivity contribution < 1.29 is 10.2 Å². The smallest absolute Gasteiger partial charge is 0.0553 e. The average molecular weight is 311 g/mol. The second-order valence-corrected chi connectivity index (χ2v) is 5.78. The van der Waals surface area contributed by atoms with Crippen LogP contribution in [0.1, 0.15) is 11.1 Å². The third kappa shape index (κ3) is 3.33. The zero-order valence-electron chi connectivity index (χ0n) is 10.9. The lowest BCUT2D eigenvalue weighted by atomic mass is 9.77. The zero-order chi connectivity index (χ0) is 14.6. The molecular formula is C16H16Cl2O2. The first-order valence-electron chi connectivity index (χ1n) is 6.32. The first-order chi connectivity index (χ1) is 9.59. The molecule has 4 heteroatoms. The molecule has 0 unspecified atom stereocenters. The van der Waals surface area contributed by atoms with Crippen LogP contribution in [0.25, 0.3) is 0 Å². The van der Waals surface area contributed by atoms with Crippen molar-refractivity contribution in [3.05, 3.63) is 69.7 Å². The van der Waals surface area contributed by atoms with Crippen LogP contribution in [0, 0.1) is 0 Å². The van der Waals surface area contributed by atoms with Gasteiger partial charge in [-0.1, -0.05) is 47.5 Å². The molecule has 2 rings (SSSR count). The maximum Gasteiger partial charge on any atom is 0.0553 e.